The van der Waals surface area contributed by atoms with Gasteiger partial charge in [-0.3, -0.25) is 9.88 Å². The third kappa shape index (κ3) is 3.87. The third-order valence-corrected chi connectivity index (χ3v) is 5.73. The SMILES string of the molecule is CN1CCN(CCNS(=O)(=O)c2cccc3ncccc23)CC1. The van der Waals surface area contributed by atoms with Crippen LogP contribution in [0.3, 0.4) is 0 Å². The fraction of sp³-hybridized carbons (Fsp3) is 0.438. The number of hydrogen-bond donors (Lipinski definition) is 1. The zero-order valence-corrected chi connectivity index (χ0v) is 14.1. The Morgan fingerprint density at radius 3 is 2.70 bits per heavy atom. The van der Waals surface area contributed by atoms with Crippen molar-refractivity contribution in [1.29, 1.82) is 0 Å². The first-order chi connectivity index (χ1) is 11.1. The zero-order valence-electron chi connectivity index (χ0n) is 13.3. The maximum absolute atomic E-state index is 12.6. The Bertz CT molecular complexity index is 765. The standard InChI is InChI=1S/C16H22N4O2S/c1-19-10-12-20(13-11-19)9-8-18-23(21,22)16-6-2-5-15-14(16)4-3-7-17-15/h2-7,18H,8-13H2,1H3. The summed E-state index contributed by atoms with van der Waals surface area (Å²) < 4.78 is 27.9. The summed E-state index contributed by atoms with van der Waals surface area (Å²) in [5.74, 6) is 0. The summed E-state index contributed by atoms with van der Waals surface area (Å²) in [7, 11) is -1.42. The molecule has 23 heavy (non-hydrogen) atoms. The molecule has 2 aromatic rings. The van der Waals surface area contributed by atoms with Crippen molar-refractivity contribution < 1.29 is 8.42 Å². The summed E-state index contributed by atoms with van der Waals surface area (Å²) in [5, 5.41) is 0.655. The Morgan fingerprint density at radius 2 is 1.91 bits per heavy atom. The Balaban J connectivity index is 1.67. The van der Waals surface area contributed by atoms with Crippen LogP contribution < -0.4 is 4.72 Å². The molecular weight excluding hydrogens is 312 g/mol. The molecule has 1 aliphatic heterocycles. The molecule has 124 valence electrons. The first kappa shape index (κ1) is 16.3. The Morgan fingerprint density at radius 1 is 1.13 bits per heavy atom. The van der Waals surface area contributed by atoms with E-state index in [9.17, 15) is 8.42 Å². The van der Waals surface area contributed by atoms with Gasteiger partial charge in [0.15, 0.2) is 0 Å². The first-order valence-electron chi connectivity index (χ1n) is 7.80. The fourth-order valence-corrected chi connectivity index (χ4v) is 4.03. The van der Waals surface area contributed by atoms with Gasteiger partial charge >= 0.3 is 0 Å². The predicted octanol–water partition coefficient (Wildman–Crippen LogP) is 0.761. The molecule has 6 nitrogen and oxygen atoms in total. The molecule has 0 saturated carbocycles. The van der Waals surface area contributed by atoms with Crippen LogP contribution in [0.4, 0.5) is 0 Å². The molecule has 0 spiro atoms. The molecule has 0 aliphatic carbocycles. The number of piperazine rings is 1. The lowest BCUT2D eigenvalue weighted by Gasteiger charge is -2.32. The van der Waals surface area contributed by atoms with Crippen molar-refractivity contribution in [3.8, 4) is 0 Å². The van der Waals surface area contributed by atoms with Crippen LogP contribution in [0.2, 0.25) is 0 Å². The Hall–Kier alpha value is -1.54. The van der Waals surface area contributed by atoms with Gasteiger partial charge in [0, 0.05) is 50.9 Å². The van der Waals surface area contributed by atoms with E-state index in [1.807, 2.05) is 6.07 Å². The number of nitrogens with zero attached hydrogens (tertiary/aromatic N) is 3. The highest BCUT2D eigenvalue weighted by molar-refractivity contribution is 7.89. The van der Waals surface area contributed by atoms with Gasteiger partial charge in [-0.2, -0.15) is 0 Å². The number of sulfonamides is 1. The van der Waals surface area contributed by atoms with Crippen molar-refractivity contribution in [2.75, 3.05) is 46.3 Å². The largest absolute Gasteiger partial charge is 0.304 e. The average molecular weight is 334 g/mol. The van der Waals surface area contributed by atoms with Gasteiger partial charge in [-0.05, 0) is 31.3 Å². The van der Waals surface area contributed by atoms with Crippen LogP contribution in [0.5, 0.6) is 0 Å². The van der Waals surface area contributed by atoms with E-state index in [0.717, 1.165) is 32.7 Å². The minimum absolute atomic E-state index is 0.293. The highest BCUT2D eigenvalue weighted by atomic mass is 32.2. The molecule has 1 N–H and O–H groups in total. The number of benzene rings is 1. The summed E-state index contributed by atoms with van der Waals surface area (Å²) in [6.07, 6.45) is 1.67. The van der Waals surface area contributed by atoms with E-state index in [2.05, 4.69) is 26.6 Å². The van der Waals surface area contributed by atoms with E-state index in [1.54, 1.807) is 30.5 Å². The van der Waals surface area contributed by atoms with Crippen LogP contribution in [0, 0.1) is 0 Å². The van der Waals surface area contributed by atoms with Crippen molar-refractivity contribution >= 4 is 20.9 Å². The molecule has 2 heterocycles. The molecule has 7 heteroatoms. The van der Waals surface area contributed by atoms with Gasteiger partial charge < -0.3 is 4.90 Å². The molecule has 1 fully saturated rings. The molecular formula is C16H22N4O2S. The molecule has 0 atom stereocenters. The highest BCUT2D eigenvalue weighted by Gasteiger charge is 2.18. The molecule has 0 unspecified atom stereocenters. The molecule has 1 saturated heterocycles. The van der Waals surface area contributed by atoms with Gasteiger partial charge in [0.05, 0.1) is 10.4 Å². The summed E-state index contributed by atoms with van der Waals surface area (Å²) in [6.45, 7) is 5.18. The molecule has 1 aromatic heterocycles. The molecule has 1 aliphatic rings. The number of aromatic nitrogens is 1. The van der Waals surface area contributed by atoms with Gasteiger partial charge in [-0.25, -0.2) is 13.1 Å². The van der Waals surface area contributed by atoms with Crippen molar-refractivity contribution in [3.05, 3.63) is 36.5 Å². The number of nitrogens with one attached hydrogen (secondary N) is 1. The van der Waals surface area contributed by atoms with Gasteiger partial charge in [-0.15, -0.1) is 0 Å². The summed E-state index contributed by atoms with van der Waals surface area (Å²) in [6, 6.07) is 8.72. The van der Waals surface area contributed by atoms with Crippen molar-refractivity contribution in [1.82, 2.24) is 19.5 Å². The summed E-state index contributed by atoms with van der Waals surface area (Å²) in [5.41, 5.74) is 0.689. The Kier molecular flexibility index (Phi) is 4.91. The predicted molar refractivity (Wildman–Crippen MR) is 90.9 cm³/mol. The second-order valence-corrected chi connectivity index (χ2v) is 7.60. The molecule has 0 amide bonds. The minimum atomic E-state index is -3.53. The number of likely N-dealkylation sites (N-methyl/N-ethyl adjacent to an activating group) is 1. The number of hydrogen-bond acceptors (Lipinski definition) is 5. The third-order valence-electron chi connectivity index (χ3n) is 4.21. The van der Waals surface area contributed by atoms with Crippen LogP contribution in [0.1, 0.15) is 0 Å². The zero-order chi connectivity index (χ0) is 16.3. The first-order valence-corrected chi connectivity index (χ1v) is 9.29. The lowest BCUT2D eigenvalue weighted by Crippen LogP contribution is -2.46. The maximum atomic E-state index is 12.6. The molecule has 0 radical (unpaired) electrons. The molecule has 0 bridgehead atoms. The quantitative estimate of drug-likeness (QED) is 0.874. The van der Waals surface area contributed by atoms with Gasteiger partial charge in [0.2, 0.25) is 10.0 Å². The molecule has 3 rings (SSSR count). The van der Waals surface area contributed by atoms with Crippen molar-refractivity contribution in [2.45, 2.75) is 4.90 Å². The normalized spacial score (nSPS) is 17.6. The highest BCUT2D eigenvalue weighted by Crippen LogP contribution is 2.20. The number of rotatable bonds is 5. The van der Waals surface area contributed by atoms with Gasteiger partial charge in [-0.1, -0.05) is 6.07 Å². The van der Waals surface area contributed by atoms with Gasteiger partial charge in [0.25, 0.3) is 0 Å². The second-order valence-electron chi connectivity index (χ2n) is 5.87. The van der Waals surface area contributed by atoms with E-state index < -0.39 is 10.0 Å². The van der Waals surface area contributed by atoms with E-state index in [1.165, 1.54) is 0 Å². The smallest absolute Gasteiger partial charge is 0.241 e. The van der Waals surface area contributed by atoms with E-state index in [0.29, 0.717) is 22.3 Å². The maximum Gasteiger partial charge on any atom is 0.241 e. The van der Waals surface area contributed by atoms with Crippen molar-refractivity contribution in [2.24, 2.45) is 0 Å². The molecule has 1 aromatic carbocycles. The topological polar surface area (TPSA) is 65.5 Å². The van der Waals surface area contributed by atoms with Crippen LogP contribution in [0.15, 0.2) is 41.4 Å². The second kappa shape index (κ2) is 6.92. The summed E-state index contributed by atoms with van der Waals surface area (Å²) in [4.78, 5) is 9.07. The van der Waals surface area contributed by atoms with E-state index in [-0.39, 0.29) is 0 Å². The lowest BCUT2D eigenvalue weighted by molar-refractivity contribution is 0.156. The average Bonchev–Trinajstić information content (AvgIpc) is 2.56. The van der Waals surface area contributed by atoms with Gasteiger partial charge in [0.1, 0.15) is 0 Å². The summed E-state index contributed by atoms with van der Waals surface area (Å²) >= 11 is 0. The Labute approximate surface area is 137 Å². The fourth-order valence-electron chi connectivity index (χ4n) is 2.80. The van der Waals surface area contributed by atoms with Crippen LogP contribution in [-0.4, -0.2) is 69.5 Å². The number of fused-ring (bicyclic) bond motifs is 1. The van der Waals surface area contributed by atoms with Crippen LogP contribution in [-0.2, 0) is 10.0 Å². The van der Waals surface area contributed by atoms with E-state index in [4.69, 9.17) is 0 Å². The monoisotopic (exact) mass is 334 g/mol. The number of pyridine rings is 1. The lowest BCUT2D eigenvalue weighted by atomic mass is 10.2. The van der Waals surface area contributed by atoms with E-state index >= 15 is 0 Å². The van der Waals surface area contributed by atoms with Crippen LogP contribution >= 0.6 is 0 Å². The minimum Gasteiger partial charge on any atom is -0.304 e. The van der Waals surface area contributed by atoms with Crippen molar-refractivity contribution in [3.63, 3.8) is 0 Å². The van der Waals surface area contributed by atoms with Crippen LogP contribution in [0.25, 0.3) is 10.9 Å².